The average molecular weight is 320 g/mol. The number of hydrogen-bond donors (Lipinski definition) is 1. The van der Waals surface area contributed by atoms with Crippen LogP contribution in [0.2, 0.25) is 0 Å². The van der Waals surface area contributed by atoms with Crippen molar-refractivity contribution in [3.8, 4) is 0 Å². The van der Waals surface area contributed by atoms with Crippen LogP contribution >= 0.6 is 0 Å². The van der Waals surface area contributed by atoms with Crippen molar-refractivity contribution in [1.82, 2.24) is 15.1 Å². The number of non-ortho nitro benzene ring substituents is 1. The van der Waals surface area contributed by atoms with E-state index in [0.717, 1.165) is 31.6 Å². The van der Waals surface area contributed by atoms with E-state index in [0.29, 0.717) is 5.92 Å². The Morgan fingerprint density at radius 1 is 1.57 bits per heavy atom. The van der Waals surface area contributed by atoms with E-state index < -0.39 is 4.92 Å². The van der Waals surface area contributed by atoms with Crippen LogP contribution in [0.4, 0.5) is 10.5 Å². The Bertz CT molecular complexity index is 578. The maximum atomic E-state index is 12.3. The Labute approximate surface area is 136 Å². The van der Waals surface area contributed by atoms with Crippen molar-refractivity contribution >= 4 is 11.7 Å². The van der Waals surface area contributed by atoms with Crippen LogP contribution in [0.15, 0.2) is 24.3 Å². The van der Waals surface area contributed by atoms with E-state index in [2.05, 4.69) is 17.3 Å². The topological polar surface area (TPSA) is 78.7 Å². The van der Waals surface area contributed by atoms with Crippen LogP contribution in [0, 0.1) is 16.0 Å². The normalized spacial score (nSPS) is 19.3. The zero-order valence-corrected chi connectivity index (χ0v) is 13.9. The zero-order chi connectivity index (χ0) is 17.0. The lowest BCUT2D eigenvalue weighted by molar-refractivity contribution is -0.384. The lowest BCUT2D eigenvalue weighted by atomic mass is 10.1. The third kappa shape index (κ3) is 4.66. The fraction of sp³-hybridized carbons (Fsp3) is 0.562. The first-order valence-corrected chi connectivity index (χ1v) is 7.81. The molecule has 1 heterocycles. The van der Waals surface area contributed by atoms with Crippen molar-refractivity contribution < 1.29 is 9.72 Å². The number of benzene rings is 1. The van der Waals surface area contributed by atoms with Crippen molar-refractivity contribution in [2.45, 2.75) is 19.4 Å². The van der Waals surface area contributed by atoms with Crippen LogP contribution in [-0.4, -0.2) is 54.5 Å². The van der Waals surface area contributed by atoms with Gasteiger partial charge >= 0.3 is 6.03 Å². The highest BCUT2D eigenvalue weighted by Gasteiger charge is 2.23. The molecule has 2 rings (SSSR count). The first-order valence-electron chi connectivity index (χ1n) is 7.81. The van der Waals surface area contributed by atoms with Crippen molar-refractivity contribution in [3.05, 3.63) is 39.9 Å². The number of urea groups is 1. The lowest BCUT2D eigenvalue weighted by Crippen LogP contribution is -2.41. The first kappa shape index (κ1) is 17.2. The molecule has 1 fully saturated rings. The molecular formula is C16H24N4O3. The standard InChI is InChI=1S/C16H24N4O3/c1-12(14-5-4-6-15(9-14)20(22)23)17-16(21)19(3)11-13-7-8-18(2)10-13/h4-6,9,12-13H,7-8,10-11H2,1-3H3,(H,17,21)/t12-,13-/m0/s1. The number of amides is 2. The van der Waals surface area contributed by atoms with E-state index in [1.54, 1.807) is 24.1 Å². The van der Waals surface area contributed by atoms with Gasteiger partial charge in [-0.1, -0.05) is 12.1 Å². The number of carbonyl (C=O) groups excluding carboxylic acids is 1. The quantitative estimate of drug-likeness (QED) is 0.666. The van der Waals surface area contributed by atoms with E-state index in [9.17, 15) is 14.9 Å². The third-order valence-electron chi connectivity index (χ3n) is 4.29. The minimum absolute atomic E-state index is 0.0333. The number of nitro groups is 1. The van der Waals surface area contributed by atoms with Crippen molar-refractivity contribution in [2.75, 3.05) is 33.7 Å². The van der Waals surface area contributed by atoms with Gasteiger partial charge < -0.3 is 15.1 Å². The second-order valence-electron chi connectivity index (χ2n) is 6.32. The molecule has 0 unspecified atom stereocenters. The summed E-state index contributed by atoms with van der Waals surface area (Å²) in [6.45, 7) is 4.63. The minimum Gasteiger partial charge on any atom is -0.331 e. The van der Waals surface area contributed by atoms with Gasteiger partial charge in [0.2, 0.25) is 0 Å². The van der Waals surface area contributed by atoms with Crippen LogP contribution in [0.5, 0.6) is 0 Å². The SMILES string of the molecule is C[C@H](NC(=O)N(C)C[C@H]1CCN(C)C1)c1cccc([N+](=O)[O-])c1. The molecule has 1 saturated heterocycles. The largest absolute Gasteiger partial charge is 0.331 e. The molecular weight excluding hydrogens is 296 g/mol. The van der Waals surface area contributed by atoms with Crippen LogP contribution < -0.4 is 5.32 Å². The van der Waals surface area contributed by atoms with Gasteiger partial charge in [0.15, 0.2) is 0 Å². The van der Waals surface area contributed by atoms with E-state index in [1.807, 2.05) is 6.92 Å². The predicted octanol–water partition coefficient (Wildman–Crippen LogP) is 2.25. The van der Waals surface area contributed by atoms with Gasteiger partial charge in [0, 0.05) is 32.3 Å². The smallest absolute Gasteiger partial charge is 0.317 e. The van der Waals surface area contributed by atoms with Gasteiger partial charge in [-0.2, -0.15) is 0 Å². The van der Waals surface area contributed by atoms with Gasteiger partial charge in [0.25, 0.3) is 5.69 Å². The molecule has 1 aromatic carbocycles. The van der Waals surface area contributed by atoms with Gasteiger partial charge in [-0.3, -0.25) is 10.1 Å². The molecule has 2 atom stereocenters. The van der Waals surface area contributed by atoms with Crippen LogP contribution in [0.25, 0.3) is 0 Å². The molecule has 0 aromatic heterocycles. The van der Waals surface area contributed by atoms with E-state index in [-0.39, 0.29) is 17.8 Å². The average Bonchev–Trinajstić information content (AvgIpc) is 2.92. The highest BCUT2D eigenvalue weighted by atomic mass is 16.6. The first-order chi connectivity index (χ1) is 10.9. The number of carbonyl (C=O) groups is 1. The molecule has 0 saturated carbocycles. The van der Waals surface area contributed by atoms with Crippen molar-refractivity contribution in [1.29, 1.82) is 0 Å². The number of nitrogens with one attached hydrogen (secondary N) is 1. The summed E-state index contributed by atoms with van der Waals surface area (Å²) in [6, 6.07) is 5.92. The molecule has 23 heavy (non-hydrogen) atoms. The van der Waals surface area contributed by atoms with E-state index in [4.69, 9.17) is 0 Å². The van der Waals surface area contributed by atoms with Gasteiger partial charge in [-0.25, -0.2) is 4.79 Å². The Hall–Kier alpha value is -2.15. The fourth-order valence-corrected chi connectivity index (χ4v) is 2.93. The molecule has 0 bridgehead atoms. The zero-order valence-electron chi connectivity index (χ0n) is 13.9. The summed E-state index contributed by atoms with van der Waals surface area (Å²) in [5.41, 5.74) is 0.757. The van der Waals surface area contributed by atoms with Gasteiger partial charge in [0.1, 0.15) is 0 Å². The maximum Gasteiger partial charge on any atom is 0.317 e. The molecule has 1 aliphatic rings. The Morgan fingerprint density at radius 2 is 2.30 bits per heavy atom. The second kappa shape index (κ2) is 7.41. The second-order valence-corrected chi connectivity index (χ2v) is 6.32. The Morgan fingerprint density at radius 3 is 2.91 bits per heavy atom. The van der Waals surface area contributed by atoms with Crippen molar-refractivity contribution in [3.63, 3.8) is 0 Å². The number of nitro benzene ring substituents is 1. The van der Waals surface area contributed by atoms with Crippen LogP contribution in [0.3, 0.4) is 0 Å². The number of rotatable bonds is 5. The van der Waals surface area contributed by atoms with Crippen molar-refractivity contribution in [2.24, 2.45) is 5.92 Å². The van der Waals surface area contributed by atoms with Gasteiger partial charge in [0.05, 0.1) is 11.0 Å². The van der Waals surface area contributed by atoms with Crippen LogP contribution in [-0.2, 0) is 0 Å². The van der Waals surface area contributed by atoms with E-state index >= 15 is 0 Å². The van der Waals surface area contributed by atoms with E-state index in [1.165, 1.54) is 12.1 Å². The molecule has 2 amide bonds. The predicted molar refractivity (Wildman–Crippen MR) is 88.3 cm³/mol. The van der Waals surface area contributed by atoms with Crippen LogP contribution in [0.1, 0.15) is 24.9 Å². The highest BCUT2D eigenvalue weighted by molar-refractivity contribution is 5.74. The molecule has 126 valence electrons. The molecule has 7 heteroatoms. The molecule has 0 radical (unpaired) electrons. The number of nitrogens with zero attached hydrogens (tertiary/aromatic N) is 3. The molecule has 1 aliphatic heterocycles. The fourth-order valence-electron chi connectivity index (χ4n) is 2.93. The minimum atomic E-state index is -0.430. The number of likely N-dealkylation sites (tertiary alicyclic amines) is 1. The molecule has 1 aromatic rings. The lowest BCUT2D eigenvalue weighted by Gasteiger charge is -2.24. The summed E-state index contributed by atoms with van der Waals surface area (Å²) < 4.78 is 0. The molecule has 7 nitrogen and oxygen atoms in total. The summed E-state index contributed by atoms with van der Waals surface area (Å²) >= 11 is 0. The summed E-state index contributed by atoms with van der Waals surface area (Å²) in [5, 5.41) is 13.7. The van der Waals surface area contributed by atoms with Gasteiger partial charge in [-0.15, -0.1) is 0 Å². The van der Waals surface area contributed by atoms with Gasteiger partial charge in [-0.05, 0) is 38.4 Å². The third-order valence-corrected chi connectivity index (χ3v) is 4.29. The number of hydrogen-bond acceptors (Lipinski definition) is 4. The summed E-state index contributed by atoms with van der Waals surface area (Å²) in [6.07, 6.45) is 1.11. The highest BCUT2D eigenvalue weighted by Crippen LogP contribution is 2.19. The summed E-state index contributed by atoms with van der Waals surface area (Å²) in [5.74, 6) is 0.504. The summed E-state index contributed by atoms with van der Waals surface area (Å²) in [4.78, 5) is 26.6. The molecule has 0 spiro atoms. The summed E-state index contributed by atoms with van der Waals surface area (Å²) in [7, 11) is 3.87. The monoisotopic (exact) mass is 320 g/mol. The molecule has 0 aliphatic carbocycles. The molecule has 1 N–H and O–H groups in total. The Kier molecular flexibility index (Phi) is 5.54. The maximum absolute atomic E-state index is 12.3. The Balaban J connectivity index is 1.91.